The molecule has 1 aliphatic rings. The van der Waals surface area contributed by atoms with Crippen LogP contribution in [0.4, 0.5) is 10.5 Å². The molecule has 0 saturated carbocycles. The number of imide groups is 1. The van der Waals surface area contributed by atoms with Crippen LogP contribution in [0.3, 0.4) is 0 Å². The zero-order valence-electron chi connectivity index (χ0n) is 16.2. The Labute approximate surface area is 164 Å². The van der Waals surface area contributed by atoms with Gasteiger partial charge in [-0.05, 0) is 49.4 Å². The number of hydrogen-bond acceptors (Lipinski definition) is 3. The normalized spacial score (nSPS) is 16.2. The lowest BCUT2D eigenvalue weighted by atomic mass is 10.1. The standard InChI is InChI=1S/C22H25N3O3/c1-15-7-6-10-18(16(15)2)23-20(26)12-11-19-21(27)25(22(28)24-19)14-13-17-8-4-3-5-9-17/h3-10,19H,11-14H2,1-2H3,(H,23,26)(H,24,28)/t19-/m0/s1. The Morgan fingerprint density at radius 1 is 1.07 bits per heavy atom. The van der Waals surface area contributed by atoms with Crippen molar-refractivity contribution in [2.45, 2.75) is 39.2 Å². The molecular formula is C22H25N3O3. The Morgan fingerprint density at radius 3 is 2.57 bits per heavy atom. The molecule has 1 atom stereocenters. The van der Waals surface area contributed by atoms with Crippen molar-refractivity contribution >= 4 is 23.5 Å². The first-order valence-electron chi connectivity index (χ1n) is 9.47. The lowest BCUT2D eigenvalue weighted by molar-refractivity contribution is -0.127. The molecule has 0 unspecified atom stereocenters. The van der Waals surface area contributed by atoms with Gasteiger partial charge in [-0.15, -0.1) is 0 Å². The first kappa shape index (κ1) is 19.6. The smallest absolute Gasteiger partial charge is 0.324 e. The van der Waals surface area contributed by atoms with E-state index in [1.165, 1.54) is 4.90 Å². The molecular weight excluding hydrogens is 354 g/mol. The Hall–Kier alpha value is -3.15. The lowest BCUT2D eigenvalue weighted by Gasteiger charge is -2.13. The number of carbonyl (C=O) groups is 3. The minimum atomic E-state index is -0.646. The fourth-order valence-electron chi connectivity index (χ4n) is 3.24. The van der Waals surface area contributed by atoms with Gasteiger partial charge in [-0.3, -0.25) is 14.5 Å². The summed E-state index contributed by atoms with van der Waals surface area (Å²) >= 11 is 0. The number of benzene rings is 2. The largest absolute Gasteiger partial charge is 0.326 e. The van der Waals surface area contributed by atoms with E-state index in [0.717, 1.165) is 22.4 Å². The molecule has 4 amide bonds. The van der Waals surface area contributed by atoms with Gasteiger partial charge in [0, 0.05) is 18.7 Å². The van der Waals surface area contributed by atoms with Gasteiger partial charge in [-0.2, -0.15) is 0 Å². The maximum absolute atomic E-state index is 12.5. The fraction of sp³-hybridized carbons (Fsp3) is 0.318. The third kappa shape index (κ3) is 4.57. The summed E-state index contributed by atoms with van der Waals surface area (Å²) in [6.45, 7) is 4.28. The minimum Gasteiger partial charge on any atom is -0.326 e. The van der Waals surface area contributed by atoms with Crippen molar-refractivity contribution < 1.29 is 14.4 Å². The molecule has 0 aliphatic carbocycles. The SMILES string of the molecule is Cc1cccc(NC(=O)CC[C@@H]2NC(=O)N(CCc3ccccc3)C2=O)c1C. The number of hydrogen-bond donors (Lipinski definition) is 2. The third-order valence-electron chi connectivity index (χ3n) is 5.11. The monoisotopic (exact) mass is 379 g/mol. The second-order valence-corrected chi connectivity index (χ2v) is 7.06. The summed E-state index contributed by atoms with van der Waals surface area (Å²) in [6, 6.07) is 14.4. The van der Waals surface area contributed by atoms with E-state index in [1.807, 2.05) is 62.4 Å². The topological polar surface area (TPSA) is 78.5 Å². The second-order valence-electron chi connectivity index (χ2n) is 7.06. The average Bonchev–Trinajstić information content (AvgIpc) is 2.96. The van der Waals surface area contributed by atoms with Gasteiger partial charge in [0.05, 0.1) is 0 Å². The Morgan fingerprint density at radius 2 is 1.82 bits per heavy atom. The summed E-state index contributed by atoms with van der Waals surface area (Å²) in [6.07, 6.45) is 1.06. The number of carbonyl (C=O) groups excluding carboxylic acids is 3. The van der Waals surface area contributed by atoms with Crippen LogP contribution in [0.5, 0.6) is 0 Å². The highest BCUT2D eigenvalue weighted by Crippen LogP contribution is 2.19. The van der Waals surface area contributed by atoms with E-state index in [0.29, 0.717) is 13.0 Å². The molecule has 1 saturated heterocycles. The predicted molar refractivity (Wildman–Crippen MR) is 108 cm³/mol. The molecule has 1 aliphatic heterocycles. The van der Waals surface area contributed by atoms with Gasteiger partial charge >= 0.3 is 6.03 Å². The summed E-state index contributed by atoms with van der Waals surface area (Å²) < 4.78 is 0. The van der Waals surface area contributed by atoms with Gasteiger partial charge in [0.25, 0.3) is 5.91 Å². The second kappa shape index (κ2) is 8.69. The van der Waals surface area contributed by atoms with Gasteiger partial charge < -0.3 is 10.6 Å². The molecule has 146 valence electrons. The van der Waals surface area contributed by atoms with Crippen molar-refractivity contribution in [2.24, 2.45) is 0 Å². The Bertz CT molecular complexity index is 880. The zero-order valence-corrected chi connectivity index (χ0v) is 16.2. The number of urea groups is 1. The lowest BCUT2D eigenvalue weighted by Crippen LogP contribution is -2.33. The van der Waals surface area contributed by atoms with Crippen LogP contribution in [0.15, 0.2) is 48.5 Å². The van der Waals surface area contributed by atoms with E-state index < -0.39 is 6.04 Å². The van der Waals surface area contributed by atoms with Crippen LogP contribution in [0.2, 0.25) is 0 Å². The van der Waals surface area contributed by atoms with Gasteiger partial charge in [-0.1, -0.05) is 42.5 Å². The molecule has 2 aromatic rings. The molecule has 28 heavy (non-hydrogen) atoms. The zero-order chi connectivity index (χ0) is 20.1. The molecule has 0 radical (unpaired) electrons. The van der Waals surface area contributed by atoms with Crippen molar-refractivity contribution in [1.29, 1.82) is 0 Å². The molecule has 3 rings (SSSR count). The van der Waals surface area contributed by atoms with Crippen LogP contribution < -0.4 is 10.6 Å². The van der Waals surface area contributed by atoms with Gasteiger partial charge in [0.1, 0.15) is 6.04 Å². The number of nitrogens with zero attached hydrogens (tertiary/aromatic N) is 1. The number of aryl methyl sites for hydroxylation is 1. The Kier molecular flexibility index (Phi) is 6.09. The highest BCUT2D eigenvalue weighted by atomic mass is 16.2. The maximum Gasteiger partial charge on any atom is 0.324 e. The van der Waals surface area contributed by atoms with Crippen molar-refractivity contribution in [3.8, 4) is 0 Å². The average molecular weight is 379 g/mol. The Balaban J connectivity index is 1.51. The van der Waals surface area contributed by atoms with Gasteiger partial charge in [0.2, 0.25) is 5.91 Å². The molecule has 0 spiro atoms. The first-order valence-corrected chi connectivity index (χ1v) is 9.47. The number of amides is 4. The minimum absolute atomic E-state index is 0.163. The van der Waals surface area contributed by atoms with Crippen LogP contribution in [-0.2, 0) is 16.0 Å². The predicted octanol–water partition coefficient (Wildman–Crippen LogP) is 3.19. The number of rotatable bonds is 7. The van der Waals surface area contributed by atoms with Gasteiger partial charge in [-0.25, -0.2) is 4.79 Å². The number of anilines is 1. The molecule has 1 fully saturated rings. The number of nitrogens with one attached hydrogen (secondary N) is 2. The molecule has 0 bridgehead atoms. The van der Waals surface area contributed by atoms with E-state index in [9.17, 15) is 14.4 Å². The molecule has 6 nitrogen and oxygen atoms in total. The van der Waals surface area contributed by atoms with E-state index in [-0.39, 0.29) is 30.7 Å². The van der Waals surface area contributed by atoms with E-state index in [4.69, 9.17) is 0 Å². The van der Waals surface area contributed by atoms with E-state index in [1.54, 1.807) is 0 Å². The van der Waals surface area contributed by atoms with Crippen molar-refractivity contribution in [1.82, 2.24) is 10.2 Å². The van der Waals surface area contributed by atoms with Crippen molar-refractivity contribution in [2.75, 3.05) is 11.9 Å². The molecule has 2 N–H and O–H groups in total. The summed E-state index contributed by atoms with van der Waals surface area (Å²) in [5.41, 5.74) is 3.97. The van der Waals surface area contributed by atoms with Crippen LogP contribution >= 0.6 is 0 Å². The molecule has 2 aromatic carbocycles. The molecule has 0 aromatic heterocycles. The highest BCUT2D eigenvalue weighted by molar-refractivity contribution is 6.04. The summed E-state index contributed by atoms with van der Waals surface area (Å²) in [4.78, 5) is 38.1. The van der Waals surface area contributed by atoms with Crippen molar-refractivity contribution in [3.05, 3.63) is 65.2 Å². The summed E-state index contributed by atoms with van der Waals surface area (Å²) in [5.74, 6) is -0.432. The van der Waals surface area contributed by atoms with Crippen LogP contribution in [0.1, 0.15) is 29.5 Å². The quantitative estimate of drug-likeness (QED) is 0.725. The van der Waals surface area contributed by atoms with E-state index in [2.05, 4.69) is 10.6 Å². The third-order valence-corrected chi connectivity index (χ3v) is 5.11. The maximum atomic E-state index is 12.5. The molecule has 1 heterocycles. The highest BCUT2D eigenvalue weighted by Gasteiger charge is 2.37. The van der Waals surface area contributed by atoms with Gasteiger partial charge in [0.15, 0.2) is 0 Å². The fourth-order valence-corrected chi connectivity index (χ4v) is 3.24. The molecule has 6 heteroatoms. The van der Waals surface area contributed by atoms with Crippen LogP contribution in [0.25, 0.3) is 0 Å². The summed E-state index contributed by atoms with van der Waals surface area (Å²) in [7, 11) is 0. The van der Waals surface area contributed by atoms with Crippen LogP contribution in [0, 0.1) is 13.8 Å². The van der Waals surface area contributed by atoms with E-state index >= 15 is 0 Å². The summed E-state index contributed by atoms with van der Waals surface area (Å²) in [5, 5.41) is 5.57. The van der Waals surface area contributed by atoms with Crippen molar-refractivity contribution in [3.63, 3.8) is 0 Å². The first-order chi connectivity index (χ1) is 13.5. The van der Waals surface area contributed by atoms with Crippen LogP contribution in [-0.4, -0.2) is 35.3 Å².